The Balaban J connectivity index is 1.97. The fourth-order valence-corrected chi connectivity index (χ4v) is 2.52. The summed E-state index contributed by atoms with van der Waals surface area (Å²) in [6.45, 7) is 3.61. The molecule has 110 valence electrons. The second-order valence-electron chi connectivity index (χ2n) is 5.56. The maximum absolute atomic E-state index is 11.0. The van der Waals surface area contributed by atoms with Crippen molar-refractivity contribution < 1.29 is 14.6 Å². The molecule has 0 unspecified atom stereocenters. The van der Waals surface area contributed by atoms with Crippen LogP contribution in [0.2, 0.25) is 0 Å². The predicted molar refractivity (Wildman–Crippen MR) is 78.6 cm³/mol. The van der Waals surface area contributed by atoms with Crippen LogP contribution in [0.4, 0.5) is 5.82 Å². The minimum atomic E-state index is -0.957. The van der Waals surface area contributed by atoms with E-state index in [1.54, 1.807) is 18.2 Å². The summed E-state index contributed by atoms with van der Waals surface area (Å²) in [4.78, 5) is 19.5. The first-order valence-electron chi connectivity index (χ1n) is 6.91. The van der Waals surface area contributed by atoms with Crippen molar-refractivity contribution in [2.45, 2.75) is 25.3 Å². The van der Waals surface area contributed by atoms with Crippen molar-refractivity contribution >= 4 is 22.7 Å². The third kappa shape index (κ3) is 2.80. The Bertz CT molecular complexity index is 681. The molecule has 2 N–H and O–H groups in total. The predicted octanol–water partition coefficient (Wildman–Crippen LogP) is 2.31. The normalized spacial score (nSPS) is 17.6. The van der Waals surface area contributed by atoms with E-state index in [-0.39, 0.29) is 11.1 Å². The average Bonchev–Trinajstić information content (AvgIpc) is 2.47. The Morgan fingerprint density at radius 1 is 1.33 bits per heavy atom. The summed E-state index contributed by atoms with van der Waals surface area (Å²) >= 11 is 0. The molecule has 2 aromatic rings. The van der Waals surface area contributed by atoms with Crippen molar-refractivity contribution in [2.24, 2.45) is 0 Å². The first-order valence-corrected chi connectivity index (χ1v) is 6.91. The number of carbonyl (C=O) groups is 1. The maximum Gasteiger partial charge on any atom is 0.335 e. The van der Waals surface area contributed by atoms with Gasteiger partial charge in [-0.05, 0) is 38.0 Å². The van der Waals surface area contributed by atoms with Crippen LogP contribution in [-0.4, -0.2) is 39.8 Å². The summed E-state index contributed by atoms with van der Waals surface area (Å²) in [5, 5.41) is 13.3. The van der Waals surface area contributed by atoms with Gasteiger partial charge in [-0.2, -0.15) is 0 Å². The van der Waals surface area contributed by atoms with Crippen LogP contribution in [0.1, 0.15) is 30.1 Å². The molecule has 1 aromatic heterocycles. The van der Waals surface area contributed by atoms with Gasteiger partial charge in [-0.15, -0.1) is 0 Å². The number of fused-ring (bicyclic) bond motifs is 1. The van der Waals surface area contributed by atoms with Crippen LogP contribution < -0.4 is 5.32 Å². The molecule has 1 fully saturated rings. The van der Waals surface area contributed by atoms with Crippen LogP contribution in [-0.2, 0) is 4.74 Å². The van der Waals surface area contributed by atoms with Gasteiger partial charge in [0.25, 0.3) is 0 Å². The molecule has 6 heteroatoms. The van der Waals surface area contributed by atoms with Crippen LogP contribution in [0.15, 0.2) is 24.5 Å². The van der Waals surface area contributed by atoms with Gasteiger partial charge in [0, 0.05) is 24.1 Å². The van der Waals surface area contributed by atoms with Crippen LogP contribution in [0.5, 0.6) is 0 Å². The van der Waals surface area contributed by atoms with E-state index in [0.717, 1.165) is 37.3 Å². The lowest BCUT2D eigenvalue weighted by Crippen LogP contribution is -2.40. The second-order valence-corrected chi connectivity index (χ2v) is 5.56. The Labute approximate surface area is 122 Å². The van der Waals surface area contributed by atoms with Gasteiger partial charge in [-0.25, -0.2) is 14.8 Å². The molecule has 0 bridgehead atoms. The van der Waals surface area contributed by atoms with Crippen LogP contribution in [0.25, 0.3) is 10.9 Å². The molecule has 1 aliphatic rings. The van der Waals surface area contributed by atoms with Gasteiger partial charge < -0.3 is 15.2 Å². The van der Waals surface area contributed by atoms with Crippen LogP contribution in [0, 0.1) is 0 Å². The number of nitrogens with one attached hydrogen (secondary N) is 1. The number of aromatic nitrogens is 2. The van der Waals surface area contributed by atoms with Gasteiger partial charge in [-0.3, -0.25) is 0 Å². The fraction of sp³-hybridized carbons (Fsp3) is 0.400. The first-order chi connectivity index (χ1) is 10.1. The molecule has 6 nitrogen and oxygen atoms in total. The number of benzene rings is 1. The van der Waals surface area contributed by atoms with Crippen LogP contribution in [0.3, 0.4) is 0 Å². The summed E-state index contributed by atoms with van der Waals surface area (Å²) in [6, 6.07) is 4.90. The molecule has 0 amide bonds. The number of rotatable bonds is 3. The molecular weight excluding hydrogens is 270 g/mol. The van der Waals surface area contributed by atoms with Crippen molar-refractivity contribution in [2.75, 3.05) is 18.5 Å². The van der Waals surface area contributed by atoms with Crippen LogP contribution >= 0.6 is 0 Å². The molecule has 0 atom stereocenters. The van der Waals surface area contributed by atoms with Gasteiger partial charge in [0.1, 0.15) is 12.1 Å². The number of hydrogen-bond donors (Lipinski definition) is 2. The van der Waals surface area contributed by atoms with Crippen molar-refractivity contribution in [3.63, 3.8) is 0 Å². The van der Waals surface area contributed by atoms with Gasteiger partial charge in [0.2, 0.25) is 0 Å². The molecular formula is C15H17N3O3. The summed E-state index contributed by atoms with van der Waals surface area (Å²) < 4.78 is 5.39. The van der Waals surface area contributed by atoms with Gasteiger partial charge in [0.05, 0.1) is 11.1 Å². The highest BCUT2D eigenvalue weighted by Gasteiger charge is 2.28. The molecule has 0 radical (unpaired) electrons. The highest BCUT2D eigenvalue weighted by molar-refractivity contribution is 5.96. The molecule has 2 heterocycles. The average molecular weight is 287 g/mol. The first kappa shape index (κ1) is 13.8. The highest BCUT2D eigenvalue weighted by atomic mass is 16.5. The smallest absolute Gasteiger partial charge is 0.335 e. The SMILES string of the molecule is CC1(Nc2ncnc3cc(C(=O)O)ccc23)CCOCC1. The summed E-state index contributed by atoms with van der Waals surface area (Å²) in [5.41, 5.74) is 0.790. The molecule has 0 aliphatic carbocycles. The maximum atomic E-state index is 11.0. The quantitative estimate of drug-likeness (QED) is 0.901. The zero-order chi connectivity index (χ0) is 14.9. The third-order valence-electron chi connectivity index (χ3n) is 3.90. The number of nitrogens with zero attached hydrogens (tertiary/aromatic N) is 2. The topological polar surface area (TPSA) is 84.3 Å². The fourth-order valence-electron chi connectivity index (χ4n) is 2.52. The number of hydrogen-bond acceptors (Lipinski definition) is 5. The second kappa shape index (κ2) is 5.29. The van der Waals surface area contributed by atoms with Crippen molar-refractivity contribution in [1.29, 1.82) is 0 Å². The number of anilines is 1. The number of ether oxygens (including phenoxy) is 1. The number of aromatic carboxylic acids is 1. The van der Waals surface area contributed by atoms with E-state index in [9.17, 15) is 4.79 Å². The van der Waals surface area contributed by atoms with Gasteiger partial charge >= 0.3 is 5.97 Å². The van der Waals surface area contributed by atoms with Crippen molar-refractivity contribution in [1.82, 2.24) is 9.97 Å². The highest BCUT2D eigenvalue weighted by Crippen LogP contribution is 2.28. The van der Waals surface area contributed by atoms with Crippen molar-refractivity contribution in [3.8, 4) is 0 Å². The Morgan fingerprint density at radius 3 is 2.81 bits per heavy atom. The summed E-state index contributed by atoms with van der Waals surface area (Å²) in [6.07, 6.45) is 3.27. The molecule has 1 saturated heterocycles. The lowest BCUT2D eigenvalue weighted by atomic mass is 9.92. The third-order valence-corrected chi connectivity index (χ3v) is 3.90. The summed E-state index contributed by atoms with van der Waals surface area (Å²) in [5.74, 6) is -0.220. The van der Waals surface area contributed by atoms with E-state index in [4.69, 9.17) is 9.84 Å². The number of carboxylic acid groups (broad SMARTS) is 1. The molecule has 0 saturated carbocycles. The Kier molecular flexibility index (Phi) is 3.47. The van der Waals surface area contributed by atoms with Gasteiger partial charge in [0.15, 0.2) is 0 Å². The minimum Gasteiger partial charge on any atom is -0.478 e. The molecule has 3 rings (SSSR count). The standard InChI is InChI=1S/C15H17N3O3/c1-15(4-6-21-7-5-15)18-13-11-3-2-10(14(19)20)8-12(11)16-9-17-13/h2-3,8-9H,4-7H2,1H3,(H,19,20)(H,16,17,18). The zero-order valence-electron chi connectivity index (χ0n) is 11.8. The molecule has 0 spiro atoms. The van der Waals surface area contributed by atoms with E-state index < -0.39 is 5.97 Å². The molecule has 21 heavy (non-hydrogen) atoms. The minimum absolute atomic E-state index is 0.0645. The monoisotopic (exact) mass is 287 g/mol. The molecule has 1 aliphatic heterocycles. The van der Waals surface area contributed by atoms with E-state index in [0.29, 0.717) is 5.52 Å². The van der Waals surface area contributed by atoms with Crippen molar-refractivity contribution in [3.05, 3.63) is 30.1 Å². The summed E-state index contributed by atoms with van der Waals surface area (Å²) in [7, 11) is 0. The Hall–Kier alpha value is -2.21. The Morgan fingerprint density at radius 2 is 2.10 bits per heavy atom. The lowest BCUT2D eigenvalue weighted by Gasteiger charge is -2.35. The van der Waals surface area contributed by atoms with E-state index >= 15 is 0 Å². The van der Waals surface area contributed by atoms with Gasteiger partial charge in [-0.1, -0.05) is 0 Å². The van der Waals surface area contributed by atoms with E-state index in [1.165, 1.54) is 6.33 Å². The van der Waals surface area contributed by atoms with E-state index in [1.807, 2.05) is 0 Å². The number of carboxylic acids is 1. The largest absolute Gasteiger partial charge is 0.478 e. The molecule has 1 aromatic carbocycles. The zero-order valence-corrected chi connectivity index (χ0v) is 11.8. The van der Waals surface area contributed by atoms with E-state index in [2.05, 4.69) is 22.2 Å². The lowest BCUT2D eigenvalue weighted by molar-refractivity contribution is 0.0657.